The van der Waals surface area contributed by atoms with E-state index in [1.54, 1.807) is 0 Å². The molecule has 0 aliphatic rings. The highest BCUT2D eigenvalue weighted by molar-refractivity contribution is 7.90. The minimum atomic E-state index is -3.21. The number of benzene rings is 2. The van der Waals surface area contributed by atoms with Gasteiger partial charge in [-0.3, -0.25) is 0 Å². The number of sulfone groups is 1. The normalized spacial score (nSPS) is 11.2. The third kappa shape index (κ3) is 2.66. The summed E-state index contributed by atoms with van der Waals surface area (Å²) in [6, 6.07) is 13.4. The molecule has 0 atom stereocenters. The first-order valence-electron chi connectivity index (χ1n) is 5.23. The molecule has 0 spiro atoms. The lowest BCUT2D eigenvalue weighted by molar-refractivity contribution is 0.599. The smallest absolute Gasteiger partial charge is 0.165 e. The summed E-state index contributed by atoms with van der Waals surface area (Å²) in [5.41, 5.74) is 0.804. The number of fused-ring (bicyclic) bond motifs is 1. The first-order valence-corrected chi connectivity index (χ1v) is 7.05. The van der Waals surface area contributed by atoms with Crippen molar-refractivity contribution in [1.82, 2.24) is 0 Å². The zero-order chi connectivity index (χ0) is 12.3. The molecule has 17 heavy (non-hydrogen) atoms. The highest BCUT2D eigenvalue weighted by atomic mass is 32.2. The highest BCUT2D eigenvalue weighted by Gasteiger charge is 2.12. The summed E-state index contributed by atoms with van der Waals surface area (Å²) >= 11 is 0. The highest BCUT2D eigenvalue weighted by Crippen LogP contribution is 2.20. The van der Waals surface area contributed by atoms with Crippen molar-refractivity contribution in [2.45, 2.75) is 5.75 Å². The van der Waals surface area contributed by atoms with Crippen molar-refractivity contribution in [3.05, 3.63) is 48.0 Å². The second kappa shape index (κ2) is 4.60. The quantitative estimate of drug-likeness (QED) is 0.777. The van der Waals surface area contributed by atoms with Gasteiger partial charge in [0.15, 0.2) is 9.84 Å². The van der Waals surface area contributed by atoms with E-state index in [0.29, 0.717) is 0 Å². The Bertz CT molecular complexity index is 673. The van der Waals surface area contributed by atoms with Crippen LogP contribution in [0, 0.1) is 12.3 Å². The molecule has 2 rings (SSSR count). The van der Waals surface area contributed by atoms with Gasteiger partial charge >= 0.3 is 0 Å². The van der Waals surface area contributed by atoms with Crippen LogP contribution in [0.25, 0.3) is 10.8 Å². The summed E-state index contributed by atoms with van der Waals surface area (Å²) in [7, 11) is -3.21. The van der Waals surface area contributed by atoms with E-state index >= 15 is 0 Å². The van der Waals surface area contributed by atoms with E-state index in [9.17, 15) is 8.42 Å². The Kier molecular flexibility index (Phi) is 3.16. The van der Waals surface area contributed by atoms with Crippen LogP contribution in [-0.4, -0.2) is 14.2 Å². The zero-order valence-electron chi connectivity index (χ0n) is 9.26. The molecule has 0 aliphatic carbocycles. The summed E-state index contributed by atoms with van der Waals surface area (Å²) in [5, 5.41) is 2.01. The second-order valence-corrected chi connectivity index (χ2v) is 5.94. The Hall–Kier alpha value is -1.79. The SMILES string of the molecule is C#CCS(=O)(=O)Cc1cccc2ccccc12. The summed E-state index contributed by atoms with van der Waals surface area (Å²) in [6.45, 7) is 0. The number of rotatable bonds is 3. The van der Waals surface area contributed by atoms with Crippen molar-refractivity contribution in [2.24, 2.45) is 0 Å². The fourth-order valence-electron chi connectivity index (χ4n) is 1.83. The van der Waals surface area contributed by atoms with Gasteiger partial charge in [0, 0.05) is 0 Å². The molecule has 0 saturated heterocycles. The second-order valence-electron chi connectivity index (χ2n) is 3.87. The lowest BCUT2D eigenvalue weighted by Gasteiger charge is -2.05. The summed E-state index contributed by atoms with van der Waals surface area (Å²) in [6.07, 6.45) is 5.05. The fourth-order valence-corrected chi connectivity index (χ4v) is 2.91. The molecule has 0 heterocycles. The van der Waals surface area contributed by atoms with Gasteiger partial charge in [-0.25, -0.2) is 8.42 Å². The summed E-state index contributed by atoms with van der Waals surface area (Å²) in [5.74, 6) is 1.97. The molecule has 0 unspecified atom stereocenters. The largest absolute Gasteiger partial charge is 0.228 e. The molecule has 2 nitrogen and oxygen atoms in total. The predicted molar refractivity (Wildman–Crippen MR) is 70.3 cm³/mol. The number of hydrogen-bond acceptors (Lipinski definition) is 2. The van der Waals surface area contributed by atoms with Gasteiger partial charge in [-0.1, -0.05) is 48.4 Å². The van der Waals surface area contributed by atoms with E-state index in [1.807, 2.05) is 42.5 Å². The summed E-state index contributed by atoms with van der Waals surface area (Å²) < 4.78 is 23.4. The Morgan fingerprint density at radius 3 is 2.53 bits per heavy atom. The molecule has 0 N–H and O–H groups in total. The van der Waals surface area contributed by atoms with Crippen LogP contribution in [0.4, 0.5) is 0 Å². The monoisotopic (exact) mass is 244 g/mol. The van der Waals surface area contributed by atoms with Gasteiger partial charge in [-0.05, 0) is 16.3 Å². The van der Waals surface area contributed by atoms with Crippen LogP contribution in [0.5, 0.6) is 0 Å². The maximum atomic E-state index is 11.7. The van der Waals surface area contributed by atoms with Crippen LogP contribution in [0.1, 0.15) is 5.56 Å². The Morgan fingerprint density at radius 2 is 1.76 bits per heavy atom. The molecule has 2 aromatic carbocycles. The third-order valence-electron chi connectivity index (χ3n) is 2.56. The van der Waals surface area contributed by atoms with Gasteiger partial charge in [0.1, 0.15) is 5.75 Å². The lowest BCUT2D eigenvalue weighted by Crippen LogP contribution is -2.07. The van der Waals surface area contributed by atoms with E-state index in [1.165, 1.54) is 0 Å². The maximum Gasteiger partial charge on any atom is 0.165 e. The molecule has 0 aromatic heterocycles. The van der Waals surface area contributed by atoms with E-state index in [2.05, 4.69) is 5.92 Å². The minimum Gasteiger partial charge on any atom is -0.228 e. The molecule has 0 radical (unpaired) electrons. The third-order valence-corrected chi connectivity index (χ3v) is 3.92. The van der Waals surface area contributed by atoms with E-state index < -0.39 is 9.84 Å². The predicted octanol–water partition coefficient (Wildman–Crippen LogP) is 2.39. The van der Waals surface area contributed by atoms with E-state index in [0.717, 1.165) is 16.3 Å². The Morgan fingerprint density at radius 1 is 1.06 bits per heavy atom. The molecule has 0 saturated carbocycles. The van der Waals surface area contributed by atoms with Gasteiger partial charge in [0.25, 0.3) is 0 Å². The molecule has 0 bridgehead atoms. The molecule has 0 fully saturated rings. The topological polar surface area (TPSA) is 34.1 Å². The first-order chi connectivity index (χ1) is 8.12. The minimum absolute atomic E-state index is 0.00144. The molecular formula is C14H12O2S. The molecule has 3 heteroatoms. The standard InChI is InChI=1S/C14H12O2S/c1-2-10-17(15,16)11-13-8-5-7-12-6-3-4-9-14(12)13/h1,3-9H,10-11H2. The molecular weight excluding hydrogens is 232 g/mol. The molecule has 86 valence electrons. The first kappa shape index (κ1) is 11.7. The van der Waals surface area contributed by atoms with Crippen molar-refractivity contribution >= 4 is 20.6 Å². The zero-order valence-corrected chi connectivity index (χ0v) is 10.1. The van der Waals surface area contributed by atoms with Crippen molar-refractivity contribution in [1.29, 1.82) is 0 Å². The van der Waals surface area contributed by atoms with Crippen LogP contribution >= 0.6 is 0 Å². The molecule has 0 amide bonds. The van der Waals surface area contributed by atoms with Gasteiger partial charge in [-0.2, -0.15) is 0 Å². The maximum absolute atomic E-state index is 11.7. The fraction of sp³-hybridized carbons (Fsp3) is 0.143. The van der Waals surface area contributed by atoms with E-state index in [4.69, 9.17) is 6.42 Å². The van der Waals surface area contributed by atoms with Crippen molar-refractivity contribution < 1.29 is 8.42 Å². The molecule has 2 aromatic rings. The van der Waals surface area contributed by atoms with Crippen LogP contribution in [0.15, 0.2) is 42.5 Å². The van der Waals surface area contributed by atoms with Crippen molar-refractivity contribution in [3.8, 4) is 12.3 Å². The molecule has 0 aliphatic heterocycles. The summed E-state index contributed by atoms with van der Waals surface area (Å²) in [4.78, 5) is 0. The number of hydrogen-bond donors (Lipinski definition) is 0. The van der Waals surface area contributed by atoms with E-state index in [-0.39, 0.29) is 11.5 Å². The van der Waals surface area contributed by atoms with Crippen LogP contribution in [0.2, 0.25) is 0 Å². The van der Waals surface area contributed by atoms with Crippen LogP contribution in [-0.2, 0) is 15.6 Å². The average Bonchev–Trinajstić information content (AvgIpc) is 2.29. The lowest BCUT2D eigenvalue weighted by atomic mass is 10.1. The van der Waals surface area contributed by atoms with Crippen LogP contribution in [0.3, 0.4) is 0 Å². The Labute approximate surface area is 101 Å². The van der Waals surface area contributed by atoms with Gasteiger partial charge in [0.2, 0.25) is 0 Å². The van der Waals surface area contributed by atoms with Gasteiger partial charge in [-0.15, -0.1) is 6.42 Å². The van der Waals surface area contributed by atoms with Gasteiger partial charge < -0.3 is 0 Å². The average molecular weight is 244 g/mol. The van der Waals surface area contributed by atoms with Crippen molar-refractivity contribution in [2.75, 3.05) is 5.75 Å². The van der Waals surface area contributed by atoms with Crippen LogP contribution < -0.4 is 0 Å². The number of terminal acetylenes is 1. The van der Waals surface area contributed by atoms with Gasteiger partial charge in [0.05, 0.1) is 5.75 Å². The van der Waals surface area contributed by atoms with Crippen molar-refractivity contribution in [3.63, 3.8) is 0 Å². The Balaban J connectivity index is 2.47.